The van der Waals surface area contributed by atoms with Crippen molar-refractivity contribution in [2.45, 2.75) is 19.1 Å². The molecule has 0 bridgehead atoms. The largest absolute Gasteiger partial charge is 0.489 e. The summed E-state index contributed by atoms with van der Waals surface area (Å²) in [7, 11) is 0. The van der Waals surface area contributed by atoms with Gasteiger partial charge in [-0.1, -0.05) is 42.5 Å². The summed E-state index contributed by atoms with van der Waals surface area (Å²) in [6, 6.07) is 16.8. The van der Waals surface area contributed by atoms with Gasteiger partial charge in [0.25, 0.3) is 0 Å². The first-order chi connectivity index (χ1) is 12.2. The van der Waals surface area contributed by atoms with Crippen molar-refractivity contribution < 1.29 is 14.6 Å². The summed E-state index contributed by atoms with van der Waals surface area (Å²) in [5, 5.41) is 24.7. The molecule has 0 aliphatic rings. The fourth-order valence-corrected chi connectivity index (χ4v) is 2.38. The molecule has 0 aliphatic heterocycles. The minimum atomic E-state index is -1.13. The molecule has 0 radical (unpaired) electrons. The maximum Gasteiger partial charge on any atom is 0.405 e. The van der Waals surface area contributed by atoms with Crippen molar-refractivity contribution in [2.24, 2.45) is 0 Å². The molecule has 0 unspecified atom stereocenters. The number of nitrogens with zero attached hydrogens (tertiary/aromatic N) is 3. The quantitative estimate of drug-likeness (QED) is 0.609. The zero-order valence-corrected chi connectivity index (χ0v) is 13.3. The number of carbonyl (C=O) groups is 1. The molecule has 1 atom stereocenters. The number of aromatic nitrogens is 4. The molecule has 0 fully saturated rings. The summed E-state index contributed by atoms with van der Waals surface area (Å²) in [4.78, 5) is 11.0. The van der Waals surface area contributed by atoms with Crippen LogP contribution in [0.15, 0.2) is 54.6 Å². The maximum atomic E-state index is 11.0. The number of hydrogen-bond acceptors (Lipinski definition) is 5. The van der Waals surface area contributed by atoms with Gasteiger partial charge >= 0.3 is 6.09 Å². The Labute approximate surface area is 143 Å². The highest BCUT2D eigenvalue weighted by Crippen LogP contribution is 2.19. The van der Waals surface area contributed by atoms with Crippen LogP contribution in [0.1, 0.15) is 23.0 Å². The van der Waals surface area contributed by atoms with Crippen LogP contribution in [0.4, 0.5) is 4.79 Å². The first kappa shape index (κ1) is 16.4. The van der Waals surface area contributed by atoms with E-state index < -0.39 is 12.1 Å². The lowest BCUT2D eigenvalue weighted by molar-refractivity contribution is 0.189. The number of hydrogen-bond donors (Lipinski definition) is 3. The number of amides is 1. The Kier molecular flexibility index (Phi) is 5.20. The second kappa shape index (κ2) is 7.91. The summed E-state index contributed by atoms with van der Waals surface area (Å²) < 4.78 is 5.74. The lowest BCUT2D eigenvalue weighted by atomic mass is 10.1. The molecule has 2 aromatic carbocycles. The zero-order valence-electron chi connectivity index (χ0n) is 13.3. The first-order valence-corrected chi connectivity index (χ1v) is 7.69. The Morgan fingerprint density at radius 1 is 1.12 bits per heavy atom. The average Bonchev–Trinajstić information content (AvgIpc) is 3.16. The summed E-state index contributed by atoms with van der Waals surface area (Å²) in [5.74, 6) is 1.11. The molecule has 128 valence electrons. The predicted molar refractivity (Wildman–Crippen MR) is 89.0 cm³/mol. The van der Waals surface area contributed by atoms with Crippen LogP contribution in [0.3, 0.4) is 0 Å². The molecule has 0 spiro atoms. The fraction of sp³-hybridized carbons (Fsp3) is 0.176. The highest BCUT2D eigenvalue weighted by molar-refractivity contribution is 5.65. The molecule has 3 rings (SSSR count). The maximum absolute atomic E-state index is 11.0. The molecule has 0 saturated heterocycles. The van der Waals surface area contributed by atoms with Gasteiger partial charge in [0, 0.05) is 6.42 Å². The minimum absolute atomic E-state index is 0.367. The standard InChI is InChI=1S/C17H17N5O3/c23-17(24)18-15(16-19-21-22-20-16)10-12-6-8-14(9-7-12)25-11-13-4-2-1-3-5-13/h1-9,15,18H,10-11H2,(H,23,24)(H,19,20,21,22)/t15-/m0/s1. The second-order valence-electron chi connectivity index (χ2n) is 5.41. The molecule has 8 nitrogen and oxygen atoms in total. The molecule has 1 aromatic heterocycles. The molecule has 25 heavy (non-hydrogen) atoms. The van der Waals surface area contributed by atoms with E-state index in [1.54, 1.807) is 0 Å². The fourth-order valence-electron chi connectivity index (χ4n) is 2.38. The van der Waals surface area contributed by atoms with Crippen molar-refractivity contribution in [3.05, 3.63) is 71.5 Å². The number of carboxylic acid groups (broad SMARTS) is 1. The van der Waals surface area contributed by atoms with Crippen molar-refractivity contribution in [3.63, 3.8) is 0 Å². The highest BCUT2D eigenvalue weighted by Gasteiger charge is 2.18. The molecular formula is C17H17N5O3. The Hall–Kier alpha value is -3.42. The van der Waals surface area contributed by atoms with Crippen LogP contribution in [0.25, 0.3) is 0 Å². The Balaban J connectivity index is 1.62. The summed E-state index contributed by atoms with van der Waals surface area (Å²) in [6.45, 7) is 0.493. The van der Waals surface area contributed by atoms with Gasteiger partial charge in [0.15, 0.2) is 5.82 Å². The summed E-state index contributed by atoms with van der Waals surface area (Å²) >= 11 is 0. The lowest BCUT2D eigenvalue weighted by Gasteiger charge is -2.14. The van der Waals surface area contributed by atoms with E-state index in [1.807, 2.05) is 54.6 Å². The van der Waals surface area contributed by atoms with Gasteiger partial charge in [0.2, 0.25) is 0 Å². The van der Waals surface area contributed by atoms with E-state index in [0.717, 1.165) is 16.9 Å². The average molecular weight is 339 g/mol. The van der Waals surface area contributed by atoms with E-state index in [9.17, 15) is 4.79 Å². The van der Waals surface area contributed by atoms with E-state index in [4.69, 9.17) is 9.84 Å². The van der Waals surface area contributed by atoms with Crippen molar-refractivity contribution in [1.29, 1.82) is 0 Å². The van der Waals surface area contributed by atoms with Crippen molar-refractivity contribution in [2.75, 3.05) is 0 Å². The predicted octanol–water partition coefficient (Wildman–Crippen LogP) is 2.33. The van der Waals surface area contributed by atoms with Gasteiger partial charge in [0.05, 0.1) is 6.04 Å². The molecule has 1 amide bonds. The van der Waals surface area contributed by atoms with Crippen molar-refractivity contribution in [3.8, 4) is 5.75 Å². The van der Waals surface area contributed by atoms with E-state index in [0.29, 0.717) is 18.9 Å². The molecule has 3 aromatic rings. The number of rotatable bonds is 7. The van der Waals surface area contributed by atoms with E-state index in [1.165, 1.54) is 0 Å². The SMILES string of the molecule is O=C(O)N[C@@H](Cc1ccc(OCc2ccccc2)cc1)c1nnn[nH]1. The smallest absolute Gasteiger partial charge is 0.405 e. The van der Waals surface area contributed by atoms with Crippen molar-refractivity contribution in [1.82, 2.24) is 25.9 Å². The zero-order chi connectivity index (χ0) is 17.5. The van der Waals surface area contributed by atoms with Crippen LogP contribution in [0.2, 0.25) is 0 Å². The minimum Gasteiger partial charge on any atom is -0.489 e. The van der Waals surface area contributed by atoms with Crippen LogP contribution >= 0.6 is 0 Å². The molecule has 1 heterocycles. The Morgan fingerprint density at radius 2 is 1.88 bits per heavy atom. The number of tetrazole rings is 1. The van der Waals surface area contributed by atoms with Gasteiger partial charge in [-0.15, -0.1) is 5.10 Å². The molecular weight excluding hydrogens is 322 g/mol. The number of H-pyrrole nitrogens is 1. The molecule has 3 N–H and O–H groups in total. The van der Waals surface area contributed by atoms with E-state index in [-0.39, 0.29) is 0 Å². The number of nitrogens with one attached hydrogen (secondary N) is 2. The topological polar surface area (TPSA) is 113 Å². The second-order valence-corrected chi connectivity index (χ2v) is 5.41. The Bertz CT molecular complexity index is 791. The van der Waals surface area contributed by atoms with Crippen molar-refractivity contribution >= 4 is 6.09 Å². The van der Waals surface area contributed by atoms with Crippen LogP contribution in [-0.2, 0) is 13.0 Å². The monoisotopic (exact) mass is 339 g/mol. The highest BCUT2D eigenvalue weighted by atomic mass is 16.5. The normalized spacial score (nSPS) is 11.7. The van der Waals surface area contributed by atoms with Crippen LogP contribution < -0.4 is 10.1 Å². The summed E-state index contributed by atoms with van der Waals surface area (Å²) in [5.41, 5.74) is 2.03. The number of benzene rings is 2. The van der Waals surface area contributed by atoms with E-state index in [2.05, 4.69) is 25.9 Å². The number of aromatic amines is 1. The third-order valence-electron chi connectivity index (χ3n) is 3.60. The molecule has 8 heteroatoms. The van der Waals surface area contributed by atoms with Crippen LogP contribution in [0, 0.1) is 0 Å². The first-order valence-electron chi connectivity index (χ1n) is 7.69. The third-order valence-corrected chi connectivity index (χ3v) is 3.60. The van der Waals surface area contributed by atoms with Crippen LogP contribution in [0.5, 0.6) is 5.75 Å². The van der Waals surface area contributed by atoms with Gasteiger partial charge in [-0.25, -0.2) is 9.89 Å². The van der Waals surface area contributed by atoms with Crippen LogP contribution in [-0.4, -0.2) is 31.8 Å². The third kappa shape index (κ3) is 4.77. The van der Waals surface area contributed by atoms with Gasteiger partial charge in [-0.2, -0.15) is 0 Å². The van der Waals surface area contributed by atoms with Gasteiger partial charge in [0.1, 0.15) is 12.4 Å². The Morgan fingerprint density at radius 3 is 2.52 bits per heavy atom. The summed E-state index contributed by atoms with van der Waals surface area (Å²) in [6.07, 6.45) is -0.716. The molecule has 0 aliphatic carbocycles. The lowest BCUT2D eigenvalue weighted by Crippen LogP contribution is -2.29. The van der Waals surface area contributed by atoms with Gasteiger partial charge in [-0.3, -0.25) is 0 Å². The number of ether oxygens (including phenoxy) is 1. The van der Waals surface area contributed by atoms with Gasteiger partial charge < -0.3 is 15.2 Å². The van der Waals surface area contributed by atoms with E-state index >= 15 is 0 Å². The molecule has 0 saturated carbocycles. The van der Waals surface area contributed by atoms with Gasteiger partial charge in [-0.05, 0) is 33.7 Å².